The highest BCUT2D eigenvalue weighted by Crippen LogP contribution is 2.79. The molecule has 0 saturated heterocycles. The SMILES string of the molecule is S=P(Cl)(Cl)C12C[C@@H]3C[C@@H](CC(Br)(C3)C1)C2. The van der Waals surface area contributed by atoms with Gasteiger partial charge in [0.1, 0.15) is 4.74 Å². The number of halogens is 3. The van der Waals surface area contributed by atoms with Gasteiger partial charge in [0.25, 0.3) is 0 Å². The number of alkyl halides is 1. The van der Waals surface area contributed by atoms with E-state index < -0.39 is 4.74 Å². The minimum absolute atomic E-state index is 0.110. The van der Waals surface area contributed by atoms with Crippen molar-refractivity contribution >= 4 is 55.0 Å². The first-order valence-electron chi connectivity index (χ1n) is 5.50. The van der Waals surface area contributed by atoms with Crippen LogP contribution < -0.4 is 0 Å². The summed E-state index contributed by atoms with van der Waals surface area (Å²) < 4.78 is -1.84. The highest BCUT2D eigenvalue weighted by atomic mass is 79.9. The van der Waals surface area contributed by atoms with Gasteiger partial charge in [-0.3, -0.25) is 0 Å². The monoisotopic (exact) mass is 346 g/mol. The molecule has 0 N–H and O–H groups in total. The third kappa shape index (κ3) is 1.78. The molecular weight excluding hydrogens is 334 g/mol. The van der Waals surface area contributed by atoms with Gasteiger partial charge in [-0.2, -0.15) is 0 Å². The van der Waals surface area contributed by atoms with Gasteiger partial charge in [0.05, 0.1) is 0 Å². The summed E-state index contributed by atoms with van der Waals surface area (Å²) in [7, 11) is 0. The van der Waals surface area contributed by atoms with Crippen molar-refractivity contribution < 1.29 is 0 Å². The van der Waals surface area contributed by atoms with E-state index in [1.807, 2.05) is 0 Å². The molecule has 0 spiro atoms. The lowest BCUT2D eigenvalue weighted by atomic mass is 9.56. The third-order valence-electron chi connectivity index (χ3n) is 4.51. The molecule has 0 aromatic carbocycles. The zero-order valence-corrected chi connectivity index (χ0v) is 13.2. The normalized spacial score (nSPS) is 53.5. The number of hydrogen-bond acceptors (Lipinski definition) is 1. The molecule has 0 radical (unpaired) electrons. The predicted octanol–water partition coefficient (Wildman–Crippen LogP) is 5.26. The molecule has 5 heteroatoms. The van der Waals surface area contributed by atoms with Crippen molar-refractivity contribution in [2.45, 2.75) is 48.0 Å². The number of rotatable bonds is 1. The van der Waals surface area contributed by atoms with Crippen LogP contribution in [0.5, 0.6) is 0 Å². The van der Waals surface area contributed by atoms with Crippen molar-refractivity contribution in [1.82, 2.24) is 0 Å². The average molecular weight is 348 g/mol. The van der Waals surface area contributed by atoms with Crippen LogP contribution in [0, 0.1) is 11.8 Å². The lowest BCUT2D eigenvalue weighted by molar-refractivity contribution is 0.0591. The number of hydrogen-bond donors (Lipinski definition) is 0. The van der Waals surface area contributed by atoms with E-state index in [4.69, 9.17) is 34.3 Å². The van der Waals surface area contributed by atoms with Gasteiger partial charge < -0.3 is 0 Å². The minimum atomic E-state index is -2.16. The molecule has 0 aromatic rings. The summed E-state index contributed by atoms with van der Waals surface area (Å²) in [6.07, 6.45) is 7.53. The van der Waals surface area contributed by atoms with Gasteiger partial charge in [0, 0.05) is 9.48 Å². The molecule has 4 aliphatic carbocycles. The Morgan fingerprint density at radius 1 is 1.13 bits per heavy atom. The molecule has 0 amide bonds. The first kappa shape index (κ1) is 11.8. The molecule has 4 fully saturated rings. The van der Waals surface area contributed by atoms with Gasteiger partial charge in [-0.05, 0) is 50.4 Å². The maximum absolute atomic E-state index is 6.39. The molecule has 15 heavy (non-hydrogen) atoms. The molecule has 0 heterocycles. The van der Waals surface area contributed by atoms with Gasteiger partial charge >= 0.3 is 0 Å². The van der Waals surface area contributed by atoms with Gasteiger partial charge in [-0.25, -0.2) is 0 Å². The van der Waals surface area contributed by atoms with Crippen molar-refractivity contribution in [1.29, 1.82) is 0 Å². The van der Waals surface area contributed by atoms with Crippen molar-refractivity contribution in [3.05, 3.63) is 0 Å². The van der Waals surface area contributed by atoms with Crippen LogP contribution in [0.1, 0.15) is 38.5 Å². The minimum Gasteiger partial charge on any atom is -0.0853 e. The second-order valence-corrected chi connectivity index (χ2v) is 15.8. The van der Waals surface area contributed by atoms with E-state index in [1.54, 1.807) is 0 Å². The summed E-state index contributed by atoms with van der Waals surface area (Å²) in [6, 6.07) is 0. The van der Waals surface area contributed by atoms with Crippen molar-refractivity contribution in [2.24, 2.45) is 11.8 Å². The average Bonchev–Trinajstić information content (AvgIpc) is 1.95. The van der Waals surface area contributed by atoms with Gasteiger partial charge in [-0.1, -0.05) is 50.2 Å². The molecule has 4 saturated carbocycles. The molecule has 0 aliphatic heterocycles. The highest BCUT2D eigenvalue weighted by Gasteiger charge is 2.60. The van der Waals surface area contributed by atoms with Crippen LogP contribution in [0.4, 0.5) is 0 Å². The second-order valence-electron chi connectivity index (χ2n) is 5.80. The highest BCUT2D eigenvalue weighted by molar-refractivity contribution is 9.10. The summed E-state index contributed by atoms with van der Waals surface area (Å²) in [4.78, 5) is 0. The van der Waals surface area contributed by atoms with Crippen molar-refractivity contribution in [2.75, 3.05) is 0 Å². The van der Waals surface area contributed by atoms with Gasteiger partial charge in [-0.15, -0.1) is 0 Å². The maximum atomic E-state index is 6.39. The summed E-state index contributed by atoms with van der Waals surface area (Å²) in [6.45, 7) is 0. The molecule has 4 atom stereocenters. The Balaban J connectivity index is 2.03. The van der Waals surface area contributed by atoms with Crippen LogP contribution in [-0.4, -0.2) is 9.48 Å². The molecule has 0 nitrogen and oxygen atoms in total. The predicted molar refractivity (Wildman–Crippen MR) is 75.1 cm³/mol. The van der Waals surface area contributed by atoms with Gasteiger partial charge in [0.2, 0.25) is 0 Å². The van der Waals surface area contributed by atoms with Crippen LogP contribution in [0.25, 0.3) is 0 Å². The van der Waals surface area contributed by atoms with Crippen LogP contribution in [0.15, 0.2) is 0 Å². The lowest BCUT2D eigenvalue weighted by Gasteiger charge is -2.61. The quantitative estimate of drug-likeness (QED) is 0.460. The van der Waals surface area contributed by atoms with Crippen LogP contribution in [-0.2, 0) is 11.8 Å². The summed E-state index contributed by atoms with van der Waals surface area (Å²) >= 11 is 22.2. The molecular formula is C10H14BrCl2PS. The Morgan fingerprint density at radius 2 is 1.67 bits per heavy atom. The summed E-state index contributed by atoms with van der Waals surface area (Å²) in [5.74, 6) is 1.65. The van der Waals surface area contributed by atoms with Crippen molar-refractivity contribution in [3.8, 4) is 0 Å². The summed E-state index contributed by atoms with van der Waals surface area (Å²) in [5, 5.41) is 0.110. The maximum Gasteiger partial charge on any atom is 0.125 e. The van der Waals surface area contributed by atoms with E-state index in [9.17, 15) is 0 Å². The molecule has 4 aliphatic rings. The molecule has 4 rings (SSSR count). The standard InChI is InChI=1S/C10H14BrCl2PS/c11-9-2-7-1-8(3-9)5-10(4-7,6-9)14(12,13)15/h7-8H,1-6H2/t7-,8+,9?,10?. The van der Waals surface area contributed by atoms with E-state index in [-0.39, 0.29) is 5.16 Å². The van der Waals surface area contributed by atoms with Crippen LogP contribution in [0.3, 0.4) is 0 Å². The van der Waals surface area contributed by atoms with E-state index in [0.29, 0.717) is 4.32 Å². The Bertz CT molecular complexity index is 339. The van der Waals surface area contributed by atoms with Gasteiger partial charge in [0.15, 0.2) is 0 Å². The molecule has 0 aromatic heterocycles. The van der Waals surface area contributed by atoms with Crippen LogP contribution in [0.2, 0.25) is 0 Å². The third-order valence-corrected chi connectivity index (χ3v) is 10.4. The first-order valence-corrected chi connectivity index (χ1v) is 10.9. The smallest absolute Gasteiger partial charge is 0.0853 e. The fourth-order valence-electron chi connectivity index (χ4n) is 4.41. The molecule has 2 unspecified atom stereocenters. The largest absolute Gasteiger partial charge is 0.125 e. The van der Waals surface area contributed by atoms with Crippen molar-refractivity contribution in [3.63, 3.8) is 0 Å². The summed E-state index contributed by atoms with van der Waals surface area (Å²) in [5.41, 5.74) is 0. The van der Waals surface area contributed by atoms with E-state index in [2.05, 4.69) is 15.9 Å². The lowest BCUT2D eigenvalue weighted by Crippen LogP contribution is -2.55. The Kier molecular flexibility index (Phi) is 2.66. The zero-order chi connectivity index (χ0) is 10.9. The van der Waals surface area contributed by atoms with E-state index >= 15 is 0 Å². The van der Waals surface area contributed by atoms with E-state index in [1.165, 1.54) is 32.1 Å². The Morgan fingerprint density at radius 3 is 2.07 bits per heavy atom. The Labute approximate surface area is 114 Å². The first-order chi connectivity index (χ1) is 6.82. The van der Waals surface area contributed by atoms with Crippen LogP contribution >= 0.6 is 43.2 Å². The second kappa shape index (κ2) is 3.38. The van der Waals surface area contributed by atoms with E-state index in [0.717, 1.165) is 18.3 Å². The zero-order valence-electron chi connectivity index (χ0n) is 8.39. The fraction of sp³-hybridized carbons (Fsp3) is 1.00. The topological polar surface area (TPSA) is 0 Å². The molecule has 86 valence electrons. The molecule has 4 bridgehead atoms. The fourth-order valence-corrected chi connectivity index (χ4v) is 9.33. The Hall–Kier alpha value is 1.71.